The van der Waals surface area contributed by atoms with Crippen molar-refractivity contribution in [2.24, 2.45) is 11.8 Å². The number of carbonyl (C=O) groups excluding carboxylic acids is 3. The normalized spacial score (nSPS) is 23.3. The fraction of sp³-hybridized carbons (Fsp3) is 0.545. The maximum absolute atomic E-state index is 13.8. The minimum Gasteiger partial charge on any atom is -0.378 e. The van der Waals surface area contributed by atoms with Gasteiger partial charge in [-0.05, 0) is 74.1 Å². The molecule has 230 valence electrons. The van der Waals surface area contributed by atoms with Crippen LogP contribution in [0.5, 0.6) is 0 Å². The Bertz CT molecular complexity index is 1340. The number of rotatable bonds is 6. The molecule has 43 heavy (non-hydrogen) atoms. The average molecular weight is 628 g/mol. The molecule has 1 aliphatic carbocycles. The number of amides is 3. The van der Waals surface area contributed by atoms with Crippen molar-refractivity contribution >= 4 is 46.6 Å². The third-order valence-corrected chi connectivity index (χ3v) is 10.4. The molecule has 3 amide bonds. The Morgan fingerprint density at radius 1 is 0.767 bits per heavy atom. The molecule has 8 nitrogen and oxygen atoms in total. The molecule has 0 aromatic heterocycles. The van der Waals surface area contributed by atoms with E-state index >= 15 is 0 Å². The second kappa shape index (κ2) is 13.0. The zero-order valence-electron chi connectivity index (χ0n) is 24.7. The van der Waals surface area contributed by atoms with E-state index in [-0.39, 0.29) is 41.5 Å². The van der Waals surface area contributed by atoms with Crippen molar-refractivity contribution in [1.29, 1.82) is 0 Å². The maximum Gasteiger partial charge on any atom is 0.253 e. The van der Waals surface area contributed by atoms with E-state index in [0.29, 0.717) is 74.3 Å². The van der Waals surface area contributed by atoms with E-state index in [4.69, 9.17) is 27.9 Å². The molecule has 6 rings (SSSR count). The molecule has 3 saturated heterocycles. The summed E-state index contributed by atoms with van der Waals surface area (Å²) in [5, 5.41) is 0.935. The van der Waals surface area contributed by atoms with Gasteiger partial charge in [-0.15, -0.1) is 0 Å². The molecule has 4 fully saturated rings. The van der Waals surface area contributed by atoms with E-state index in [1.54, 1.807) is 6.07 Å². The molecular weight excluding hydrogens is 587 g/mol. The summed E-state index contributed by atoms with van der Waals surface area (Å²) in [5.74, 6) is 0.366. The minimum atomic E-state index is -0.120. The van der Waals surface area contributed by atoms with Gasteiger partial charge in [0.25, 0.3) is 5.91 Å². The Hall–Kier alpha value is -2.81. The average Bonchev–Trinajstić information content (AvgIpc) is 3.91. The van der Waals surface area contributed by atoms with Crippen molar-refractivity contribution in [2.45, 2.75) is 44.1 Å². The highest BCUT2D eigenvalue weighted by Gasteiger charge is 2.40. The number of piperidine rings is 2. The first-order valence-electron chi connectivity index (χ1n) is 15.5. The van der Waals surface area contributed by atoms with Crippen molar-refractivity contribution in [2.75, 3.05) is 64.4 Å². The van der Waals surface area contributed by atoms with Gasteiger partial charge in [0.05, 0.1) is 23.3 Å². The number of likely N-dealkylation sites (N-methyl/N-ethyl adjacent to an activating group) is 1. The lowest BCUT2D eigenvalue weighted by atomic mass is 9.83. The molecule has 2 atom stereocenters. The van der Waals surface area contributed by atoms with Gasteiger partial charge in [0.15, 0.2) is 0 Å². The highest BCUT2D eigenvalue weighted by atomic mass is 35.5. The van der Waals surface area contributed by atoms with Crippen LogP contribution in [0.3, 0.4) is 0 Å². The molecular formula is C33H40Cl2N4O4. The largest absolute Gasteiger partial charge is 0.378 e. The molecule has 4 aliphatic rings. The number of nitrogens with zero attached hydrogens (tertiary/aromatic N) is 4. The first-order chi connectivity index (χ1) is 20.8. The molecule has 2 aromatic rings. The standard InChI is InChI=1S/C33H40Cl2N4O4/c1-36(31(40)22-4-7-26(8-5-22)37-16-18-43-19-17-37)30-12-15-39(21-27(30)25-6-9-28(34)29(35)20-25)33(42)24-10-13-38(14-11-24)32(41)23-2-3-23/h4-9,20,23-24,27,30H,2-3,10-19,21H2,1H3/t27-,30+/m0/s1. The predicted molar refractivity (Wildman–Crippen MR) is 168 cm³/mol. The van der Waals surface area contributed by atoms with Crippen molar-refractivity contribution in [1.82, 2.24) is 14.7 Å². The lowest BCUT2D eigenvalue weighted by Crippen LogP contribution is -2.53. The molecule has 0 radical (unpaired) electrons. The highest BCUT2D eigenvalue weighted by molar-refractivity contribution is 6.42. The summed E-state index contributed by atoms with van der Waals surface area (Å²) in [5.41, 5.74) is 2.69. The second-order valence-electron chi connectivity index (χ2n) is 12.4. The van der Waals surface area contributed by atoms with Gasteiger partial charge in [-0.3, -0.25) is 14.4 Å². The van der Waals surface area contributed by atoms with Crippen LogP contribution in [0, 0.1) is 11.8 Å². The van der Waals surface area contributed by atoms with E-state index in [9.17, 15) is 14.4 Å². The van der Waals surface area contributed by atoms with Crippen LogP contribution in [0.4, 0.5) is 5.69 Å². The van der Waals surface area contributed by atoms with E-state index in [1.807, 2.05) is 58.1 Å². The number of hydrogen-bond donors (Lipinski definition) is 0. The SMILES string of the molecule is CN(C(=O)c1ccc(N2CCOCC2)cc1)[C@@H]1CCN(C(=O)C2CCN(C(=O)C3CC3)CC2)C[C@H]1c1ccc(Cl)c(Cl)c1. The third kappa shape index (κ3) is 6.66. The Morgan fingerprint density at radius 3 is 2.05 bits per heavy atom. The van der Waals surface area contributed by atoms with E-state index in [0.717, 1.165) is 37.2 Å². The van der Waals surface area contributed by atoms with Crippen LogP contribution in [-0.4, -0.2) is 98.0 Å². The first kappa shape index (κ1) is 30.2. The molecule has 0 bridgehead atoms. The van der Waals surface area contributed by atoms with Gasteiger partial charge in [-0.2, -0.15) is 0 Å². The van der Waals surface area contributed by atoms with Crippen molar-refractivity contribution in [3.63, 3.8) is 0 Å². The van der Waals surface area contributed by atoms with Crippen LogP contribution in [-0.2, 0) is 14.3 Å². The summed E-state index contributed by atoms with van der Waals surface area (Å²) in [7, 11) is 1.86. The Morgan fingerprint density at radius 2 is 1.40 bits per heavy atom. The molecule has 3 aliphatic heterocycles. The number of likely N-dealkylation sites (tertiary alicyclic amines) is 2. The van der Waals surface area contributed by atoms with Gasteiger partial charge < -0.3 is 24.3 Å². The Balaban J connectivity index is 1.16. The zero-order chi connectivity index (χ0) is 30.1. The van der Waals surface area contributed by atoms with Gasteiger partial charge in [0, 0.05) is 81.4 Å². The summed E-state index contributed by atoms with van der Waals surface area (Å²) < 4.78 is 5.46. The molecule has 2 aromatic carbocycles. The predicted octanol–water partition coefficient (Wildman–Crippen LogP) is 4.94. The second-order valence-corrected chi connectivity index (χ2v) is 13.2. The minimum absolute atomic E-state index is 0.0453. The third-order valence-electron chi connectivity index (χ3n) is 9.65. The molecule has 10 heteroatoms. The summed E-state index contributed by atoms with van der Waals surface area (Å²) in [6.45, 7) is 5.48. The first-order valence-corrected chi connectivity index (χ1v) is 16.3. The van der Waals surface area contributed by atoms with Crippen LogP contribution in [0.1, 0.15) is 53.9 Å². The van der Waals surface area contributed by atoms with Crippen LogP contribution >= 0.6 is 23.2 Å². The number of ether oxygens (including phenoxy) is 1. The smallest absolute Gasteiger partial charge is 0.253 e. The van der Waals surface area contributed by atoms with Crippen LogP contribution in [0.15, 0.2) is 42.5 Å². The highest BCUT2D eigenvalue weighted by Crippen LogP contribution is 2.36. The number of benzene rings is 2. The lowest BCUT2D eigenvalue weighted by molar-refractivity contribution is -0.142. The molecule has 3 heterocycles. The summed E-state index contributed by atoms with van der Waals surface area (Å²) >= 11 is 12.7. The van der Waals surface area contributed by atoms with E-state index in [1.165, 1.54) is 0 Å². The molecule has 0 spiro atoms. The summed E-state index contributed by atoms with van der Waals surface area (Å²) in [6, 6.07) is 13.3. The fourth-order valence-electron chi connectivity index (χ4n) is 6.86. The topological polar surface area (TPSA) is 73.4 Å². The van der Waals surface area contributed by atoms with E-state index < -0.39 is 0 Å². The van der Waals surface area contributed by atoms with Crippen LogP contribution < -0.4 is 4.90 Å². The molecule has 0 N–H and O–H groups in total. The zero-order valence-corrected chi connectivity index (χ0v) is 26.2. The monoisotopic (exact) mass is 626 g/mol. The molecule has 1 saturated carbocycles. The van der Waals surface area contributed by atoms with Crippen LogP contribution in [0.25, 0.3) is 0 Å². The number of halogens is 2. The lowest BCUT2D eigenvalue weighted by Gasteiger charge is -2.44. The van der Waals surface area contributed by atoms with Crippen molar-refractivity contribution < 1.29 is 19.1 Å². The fourth-order valence-corrected chi connectivity index (χ4v) is 7.16. The van der Waals surface area contributed by atoms with Gasteiger partial charge in [-0.1, -0.05) is 29.3 Å². The van der Waals surface area contributed by atoms with E-state index in [2.05, 4.69) is 4.90 Å². The van der Waals surface area contributed by atoms with Gasteiger partial charge in [0.1, 0.15) is 0 Å². The number of hydrogen-bond acceptors (Lipinski definition) is 5. The molecule has 0 unspecified atom stereocenters. The van der Waals surface area contributed by atoms with Gasteiger partial charge >= 0.3 is 0 Å². The van der Waals surface area contributed by atoms with Gasteiger partial charge in [-0.25, -0.2) is 0 Å². The maximum atomic E-state index is 13.8. The van der Waals surface area contributed by atoms with Crippen molar-refractivity contribution in [3.8, 4) is 0 Å². The quantitative estimate of drug-likeness (QED) is 0.454. The Kier molecular flexibility index (Phi) is 9.17. The number of morpholine rings is 1. The number of carbonyl (C=O) groups is 3. The summed E-state index contributed by atoms with van der Waals surface area (Å²) in [6.07, 6.45) is 4.06. The van der Waals surface area contributed by atoms with Crippen molar-refractivity contribution in [3.05, 3.63) is 63.6 Å². The van der Waals surface area contributed by atoms with Crippen LogP contribution in [0.2, 0.25) is 10.0 Å². The number of anilines is 1. The van der Waals surface area contributed by atoms with Gasteiger partial charge in [0.2, 0.25) is 11.8 Å². The Labute approximate surface area is 263 Å². The summed E-state index contributed by atoms with van der Waals surface area (Å²) in [4.78, 5) is 48.0.